The maximum atomic E-state index is 12.2. The van der Waals surface area contributed by atoms with Gasteiger partial charge in [-0.1, -0.05) is 0 Å². The van der Waals surface area contributed by atoms with E-state index in [0.29, 0.717) is 18.0 Å². The lowest BCUT2D eigenvalue weighted by Crippen LogP contribution is -2.35. The topological polar surface area (TPSA) is 104 Å². The summed E-state index contributed by atoms with van der Waals surface area (Å²) < 4.78 is 3.35. The molecular formula is C17H23N7O2. The summed E-state index contributed by atoms with van der Waals surface area (Å²) in [6, 6.07) is 3.47. The molecule has 3 aromatic heterocycles. The molecule has 9 nitrogen and oxygen atoms in total. The number of piperidine rings is 1. The van der Waals surface area contributed by atoms with Crippen LogP contribution in [0.1, 0.15) is 41.8 Å². The van der Waals surface area contributed by atoms with Gasteiger partial charge in [-0.2, -0.15) is 0 Å². The number of hydrogen-bond acceptors (Lipinski definition) is 6. The molecule has 4 rings (SSSR count). The summed E-state index contributed by atoms with van der Waals surface area (Å²) in [5.41, 5.74) is 2.25. The third kappa shape index (κ3) is 3.04. The van der Waals surface area contributed by atoms with E-state index >= 15 is 0 Å². The molecule has 0 amide bonds. The van der Waals surface area contributed by atoms with Crippen molar-refractivity contribution in [2.45, 2.75) is 38.8 Å². The van der Waals surface area contributed by atoms with Crippen LogP contribution in [0.3, 0.4) is 0 Å². The molecule has 0 spiro atoms. The van der Waals surface area contributed by atoms with E-state index in [9.17, 15) is 9.90 Å². The second-order valence-electron chi connectivity index (χ2n) is 6.98. The number of nitrogens with one attached hydrogen (secondary N) is 1. The van der Waals surface area contributed by atoms with Gasteiger partial charge in [-0.25, -0.2) is 9.50 Å². The lowest BCUT2D eigenvalue weighted by atomic mass is 9.97. The smallest absolute Gasteiger partial charge is 0.272 e. The van der Waals surface area contributed by atoms with E-state index in [1.165, 1.54) is 4.52 Å². The number of aromatic nitrogens is 6. The normalized spacial score (nSPS) is 18.7. The van der Waals surface area contributed by atoms with E-state index in [-0.39, 0.29) is 18.1 Å². The summed E-state index contributed by atoms with van der Waals surface area (Å²) in [5.74, 6) is 1.75. The van der Waals surface area contributed by atoms with Crippen molar-refractivity contribution in [1.82, 2.24) is 34.3 Å². The standard InChI is InChI=1S/C17H23N7O2/c1-11-6-14-18-13(7-16(26)24(14)21-11)9-23-5-3-4-12(8-23)17-20-19-15(10-25)22(17)2/h6-7,12,21,25H,3-5,8-10H2,1-2H3. The number of aryl methyl sites for hydroxylation is 1. The third-order valence-corrected chi connectivity index (χ3v) is 5.03. The molecule has 26 heavy (non-hydrogen) atoms. The highest BCUT2D eigenvalue weighted by Gasteiger charge is 2.26. The fourth-order valence-corrected chi connectivity index (χ4v) is 3.75. The van der Waals surface area contributed by atoms with Gasteiger partial charge in [0.25, 0.3) is 5.56 Å². The van der Waals surface area contributed by atoms with Crippen LogP contribution in [-0.2, 0) is 20.2 Å². The van der Waals surface area contributed by atoms with Crippen LogP contribution in [-0.4, -0.2) is 52.5 Å². The molecule has 1 aliphatic heterocycles. The SMILES string of the molecule is Cc1cc2nc(CN3CCCC(c4nnc(CO)n4C)C3)cc(=O)n2[nH]1. The number of likely N-dealkylation sites (tertiary alicyclic amines) is 1. The Morgan fingerprint density at radius 3 is 2.96 bits per heavy atom. The van der Waals surface area contributed by atoms with Crippen molar-refractivity contribution in [3.63, 3.8) is 0 Å². The molecule has 3 aromatic rings. The molecule has 138 valence electrons. The minimum absolute atomic E-state index is 0.0902. The van der Waals surface area contributed by atoms with E-state index in [1.54, 1.807) is 6.07 Å². The predicted molar refractivity (Wildman–Crippen MR) is 94.7 cm³/mol. The zero-order valence-corrected chi connectivity index (χ0v) is 15.0. The highest BCUT2D eigenvalue weighted by molar-refractivity contribution is 5.39. The van der Waals surface area contributed by atoms with Gasteiger partial charge in [-0.15, -0.1) is 10.2 Å². The Bertz CT molecular complexity index is 987. The number of aliphatic hydroxyl groups excluding tert-OH is 1. The molecule has 1 atom stereocenters. The van der Waals surface area contributed by atoms with Gasteiger partial charge in [0.1, 0.15) is 12.4 Å². The van der Waals surface area contributed by atoms with Crippen LogP contribution in [0.2, 0.25) is 0 Å². The molecule has 1 saturated heterocycles. The Labute approximate surface area is 150 Å². The van der Waals surface area contributed by atoms with Crippen LogP contribution in [0.5, 0.6) is 0 Å². The molecule has 1 unspecified atom stereocenters. The summed E-state index contributed by atoms with van der Waals surface area (Å²) in [6.07, 6.45) is 2.09. The zero-order valence-electron chi connectivity index (χ0n) is 15.0. The Morgan fingerprint density at radius 1 is 1.35 bits per heavy atom. The summed E-state index contributed by atoms with van der Waals surface area (Å²) in [7, 11) is 1.89. The monoisotopic (exact) mass is 357 g/mol. The third-order valence-electron chi connectivity index (χ3n) is 5.03. The molecule has 0 aromatic carbocycles. The second kappa shape index (κ2) is 6.65. The molecule has 4 heterocycles. The molecule has 0 radical (unpaired) electrons. The van der Waals surface area contributed by atoms with Crippen molar-refractivity contribution in [1.29, 1.82) is 0 Å². The van der Waals surface area contributed by atoms with Crippen molar-refractivity contribution in [3.8, 4) is 0 Å². The molecule has 0 saturated carbocycles. The Balaban J connectivity index is 1.53. The summed E-state index contributed by atoms with van der Waals surface area (Å²) >= 11 is 0. The first kappa shape index (κ1) is 16.9. The van der Waals surface area contributed by atoms with E-state index < -0.39 is 0 Å². The molecule has 9 heteroatoms. The number of fused-ring (bicyclic) bond motifs is 1. The van der Waals surface area contributed by atoms with Crippen LogP contribution < -0.4 is 5.56 Å². The van der Waals surface area contributed by atoms with Gasteiger partial charge in [0.15, 0.2) is 11.5 Å². The maximum absolute atomic E-state index is 12.2. The number of H-pyrrole nitrogens is 1. The van der Waals surface area contributed by atoms with E-state index in [2.05, 4.69) is 25.2 Å². The zero-order chi connectivity index (χ0) is 18.3. The van der Waals surface area contributed by atoms with Crippen molar-refractivity contribution in [3.05, 3.63) is 45.5 Å². The van der Waals surface area contributed by atoms with Crippen LogP contribution in [0, 0.1) is 6.92 Å². The number of aromatic amines is 1. The summed E-state index contributed by atoms with van der Waals surface area (Å²) in [4.78, 5) is 19.2. The van der Waals surface area contributed by atoms with E-state index in [0.717, 1.165) is 43.1 Å². The first-order valence-corrected chi connectivity index (χ1v) is 8.85. The van der Waals surface area contributed by atoms with Gasteiger partial charge in [0, 0.05) is 43.9 Å². The maximum Gasteiger partial charge on any atom is 0.272 e. The Kier molecular flexibility index (Phi) is 4.33. The second-order valence-corrected chi connectivity index (χ2v) is 6.98. The Hall–Kier alpha value is -2.52. The highest BCUT2D eigenvalue weighted by atomic mass is 16.3. The van der Waals surface area contributed by atoms with Crippen molar-refractivity contribution < 1.29 is 5.11 Å². The van der Waals surface area contributed by atoms with Crippen molar-refractivity contribution in [2.24, 2.45) is 7.05 Å². The number of nitrogens with zero attached hydrogens (tertiary/aromatic N) is 6. The lowest BCUT2D eigenvalue weighted by Gasteiger charge is -2.31. The van der Waals surface area contributed by atoms with Crippen molar-refractivity contribution >= 4 is 5.65 Å². The number of aliphatic hydroxyl groups is 1. The van der Waals surface area contributed by atoms with Crippen LogP contribution in [0.4, 0.5) is 0 Å². The van der Waals surface area contributed by atoms with Crippen LogP contribution in [0.15, 0.2) is 16.9 Å². The average molecular weight is 357 g/mol. The van der Waals surface area contributed by atoms with Gasteiger partial charge < -0.3 is 9.67 Å². The molecule has 2 N–H and O–H groups in total. The van der Waals surface area contributed by atoms with Crippen LogP contribution in [0.25, 0.3) is 5.65 Å². The summed E-state index contributed by atoms with van der Waals surface area (Å²) in [5, 5.41) is 20.6. The lowest BCUT2D eigenvalue weighted by molar-refractivity contribution is 0.192. The first-order chi connectivity index (χ1) is 12.5. The molecule has 1 aliphatic rings. The molecule has 0 aliphatic carbocycles. The van der Waals surface area contributed by atoms with Gasteiger partial charge in [-0.3, -0.25) is 14.8 Å². The largest absolute Gasteiger partial charge is 0.388 e. The predicted octanol–water partition coefficient (Wildman–Crippen LogP) is 0.331. The minimum atomic E-state index is -0.107. The average Bonchev–Trinajstić information content (AvgIpc) is 3.17. The van der Waals surface area contributed by atoms with Gasteiger partial charge in [-0.05, 0) is 26.3 Å². The number of hydrogen-bond donors (Lipinski definition) is 2. The number of rotatable bonds is 4. The quantitative estimate of drug-likeness (QED) is 0.697. The van der Waals surface area contributed by atoms with Crippen LogP contribution >= 0.6 is 0 Å². The van der Waals surface area contributed by atoms with E-state index in [1.807, 2.05) is 24.6 Å². The van der Waals surface area contributed by atoms with E-state index in [4.69, 9.17) is 0 Å². The first-order valence-electron chi connectivity index (χ1n) is 8.85. The fraction of sp³-hybridized carbons (Fsp3) is 0.529. The summed E-state index contributed by atoms with van der Waals surface area (Å²) in [6.45, 7) is 4.24. The Morgan fingerprint density at radius 2 is 2.19 bits per heavy atom. The van der Waals surface area contributed by atoms with Crippen molar-refractivity contribution in [2.75, 3.05) is 13.1 Å². The highest BCUT2D eigenvalue weighted by Crippen LogP contribution is 2.26. The molecule has 0 bridgehead atoms. The van der Waals surface area contributed by atoms with Gasteiger partial charge in [0.2, 0.25) is 0 Å². The van der Waals surface area contributed by atoms with Gasteiger partial charge in [0.05, 0.1) is 5.69 Å². The minimum Gasteiger partial charge on any atom is -0.388 e. The molecular weight excluding hydrogens is 334 g/mol. The fourth-order valence-electron chi connectivity index (χ4n) is 3.75. The van der Waals surface area contributed by atoms with Gasteiger partial charge >= 0.3 is 0 Å². The molecule has 1 fully saturated rings.